The van der Waals surface area contributed by atoms with Crippen molar-refractivity contribution in [1.29, 1.82) is 0 Å². The van der Waals surface area contributed by atoms with Crippen molar-refractivity contribution in [2.24, 2.45) is 4.99 Å². The number of anilines is 1. The molecule has 5 nitrogen and oxygen atoms in total. The molecule has 1 aromatic rings. The second-order valence-electron chi connectivity index (χ2n) is 5.93. The molecule has 1 saturated heterocycles. The second-order valence-corrected chi connectivity index (χ2v) is 5.93. The number of hydrogen-bond acceptors (Lipinski definition) is 2. The van der Waals surface area contributed by atoms with Crippen LogP contribution < -0.4 is 15.5 Å². The monoisotopic (exact) mass is 300 g/mol. The Labute approximate surface area is 131 Å². The summed E-state index contributed by atoms with van der Waals surface area (Å²) in [7, 11) is 0. The highest BCUT2D eigenvalue weighted by molar-refractivity contribution is 5.95. The topological polar surface area (TPSA) is 56.7 Å². The number of amides is 1. The SMILES string of the molecule is CCNC(=NCc1ccc(N2CCCC2=O)cc1)NC1CC1. The zero-order valence-corrected chi connectivity index (χ0v) is 13.1. The number of guanidine groups is 1. The minimum atomic E-state index is 0.230. The summed E-state index contributed by atoms with van der Waals surface area (Å²) in [5, 5.41) is 6.68. The Hall–Kier alpha value is -2.04. The highest BCUT2D eigenvalue weighted by atomic mass is 16.2. The quantitative estimate of drug-likeness (QED) is 0.646. The third-order valence-electron chi connectivity index (χ3n) is 4.00. The lowest BCUT2D eigenvalue weighted by Gasteiger charge is -2.15. The zero-order valence-electron chi connectivity index (χ0n) is 13.1. The Morgan fingerprint density at radius 3 is 2.68 bits per heavy atom. The summed E-state index contributed by atoms with van der Waals surface area (Å²) in [4.78, 5) is 18.2. The lowest BCUT2D eigenvalue weighted by Crippen LogP contribution is -2.38. The van der Waals surface area contributed by atoms with E-state index in [0.717, 1.165) is 36.7 Å². The third kappa shape index (κ3) is 3.78. The van der Waals surface area contributed by atoms with E-state index < -0.39 is 0 Å². The molecule has 0 aromatic heterocycles. The first-order valence-electron chi connectivity index (χ1n) is 8.20. The molecule has 0 atom stereocenters. The Balaban J connectivity index is 1.60. The van der Waals surface area contributed by atoms with E-state index in [0.29, 0.717) is 19.0 Å². The lowest BCUT2D eigenvalue weighted by molar-refractivity contribution is -0.117. The molecule has 1 heterocycles. The summed E-state index contributed by atoms with van der Waals surface area (Å²) in [5.74, 6) is 1.12. The first-order valence-corrected chi connectivity index (χ1v) is 8.20. The van der Waals surface area contributed by atoms with Crippen molar-refractivity contribution in [1.82, 2.24) is 10.6 Å². The van der Waals surface area contributed by atoms with Crippen LogP contribution in [-0.2, 0) is 11.3 Å². The van der Waals surface area contributed by atoms with E-state index in [1.807, 2.05) is 17.0 Å². The van der Waals surface area contributed by atoms with Gasteiger partial charge in [0.1, 0.15) is 0 Å². The normalized spacial score (nSPS) is 18.7. The van der Waals surface area contributed by atoms with Gasteiger partial charge in [0.2, 0.25) is 5.91 Å². The van der Waals surface area contributed by atoms with Gasteiger partial charge in [0.15, 0.2) is 5.96 Å². The third-order valence-corrected chi connectivity index (χ3v) is 4.00. The van der Waals surface area contributed by atoms with Crippen molar-refractivity contribution in [3.63, 3.8) is 0 Å². The number of hydrogen-bond donors (Lipinski definition) is 2. The maximum atomic E-state index is 11.7. The molecular weight excluding hydrogens is 276 g/mol. The Morgan fingerprint density at radius 2 is 2.09 bits per heavy atom. The van der Waals surface area contributed by atoms with Crippen molar-refractivity contribution in [3.05, 3.63) is 29.8 Å². The van der Waals surface area contributed by atoms with Crippen LogP contribution >= 0.6 is 0 Å². The molecule has 0 bridgehead atoms. The fourth-order valence-corrected chi connectivity index (χ4v) is 2.61. The molecule has 0 spiro atoms. The molecule has 22 heavy (non-hydrogen) atoms. The molecule has 2 fully saturated rings. The molecule has 2 N–H and O–H groups in total. The first kappa shape index (κ1) is 14.9. The van der Waals surface area contributed by atoms with Crippen LogP contribution in [0, 0.1) is 0 Å². The maximum absolute atomic E-state index is 11.7. The number of carbonyl (C=O) groups is 1. The van der Waals surface area contributed by atoms with E-state index >= 15 is 0 Å². The number of benzene rings is 1. The van der Waals surface area contributed by atoms with E-state index in [1.165, 1.54) is 12.8 Å². The van der Waals surface area contributed by atoms with Gasteiger partial charge in [-0.3, -0.25) is 4.79 Å². The van der Waals surface area contributed by atoms with E-state index in [-0.39, 0.29) is 5.91 Å². The average molecular weight is 300 g/mol. The number of aliphatic imine (C=N–C) groups is 1. The number of rotatable bonds is 5. The molecule has 2 aliphatic rings. The summed E-state index contributed by atoms with van der Waals surface area (Å²) >= 11 is 0. The highest BCUT2D eigenvalue weighted by Gasteiger charge is 2.22. The molecule has 1 aliphatic heterocycles. The number of nitrogens with zero attached hydrogens (tertiary/aromatic N) is 2. The van der Waals surface area contributed by atoms with Gasteiger partial charge in [0, 0.05) is 31.2 Å². The van der Waals surface area contributed by atoms with Gasteiger partial charge in [-0.15, -0.1) is 0 Å². The van der Waals surface area contributed by atoms with Gasteiger partial charge < -0.3 is 15.5 Å². The summed E-state index contributed by atoms with van der Waals surface area (Å²) in [6, 6.07) is 8.77. The Bertz CT molecular complexity index is 548. The predicted octanol–water partition coefficient (Wildman–Crippen LogP) is 2.03. The Morgan fingerprint density at radius 1 is 1.32 bits per heavy atom. The molecular formula is C17H24N4O. The second kappa shape index (κ2) is 6.81. The van der Waals surface area contributed by atoms with E-state index in [1.54, 1.807) is 0 Å². The fraction of sp³-hybridized carbons (Fsp3) is 0.529. The highest BCUT2D eigenvalue weighted by Crippen LogP contribution is 2.22. The van der Waals surface area contributed by atoms with Gasteiger partial charge in [-0.25, -0.2) is 4.99 Å². The van der Waals surface area contributed by atoms with Crippen LogP contribution in [0.2, 0.25) is 0 Å². The summed E-state index contributed by atoms with van der Waals surface area (Å²) in [6.07, 6.45) is 4.11. The minimum Gasteiger partial charge on any atom is -0.357 e. The van der Waals surface area contributed by atoms with Crippen LogP contribution in [0.15, 0.2) is 29.3 Å². The van der Waals surface area contributed by atoms with E-state index in [2.05, 4.69) is 34.7 Å². The molecule has 118 valence electrons. The molecule has 1 aliphatic carbocycles. The number of carbonyl (C=O) groups excluding carboxylic acids is 1. The molecule has 1 amide bonds. The van der Waals surface area contributed by atoms with Gasteiger partial charge in [0.25, 0.3) is 0 Å². The summed E-state index contributed by atoms with van der Waals surface area (Å²) < 4.78 is 0. The zero-order chi connectivity index (χ0) is 15.4. The largest absolute Gasteiger partial charge is 0.357 e. The van der Waals surface area contributed by atoms with Gasteiger partial charge in [-0.2, -0.15) is 0 Å². The van der Waals surface area contributed by atoms with Crippen molar-refractivity contribution < 1.29 is 4.79 Å². The van der Waals surface area contributed by atoms with Crippen LogP contribution in [0.4, 0.5) is 5.69 Å². The minimum absolute atomic E-state index is 0.230. The van der Waals surface area contributed by atoms with Gasteiger partial charge >= 0.3 is 0 Å². The number of nitrogens with one attached hydrogen (secondary N) is 2. The van der Waals surface area contributed by atoms with Crippen LogP contribution in [0.1, 0.15) is 38.2 Å². The molecule has 5 heteroatoms. The van der Waals surface area contributed by atoms with Crippen molar-refractivity contribution in [2.75, 3.05) is 18.0 Å². The van der Waals surface area contributed by atoms with Crippen LogP contribution in [0.3, 0.4) is 0 Å². The molecule has 1 saturated carbocycles. The predicted molar refractivity (Wildman–Crippen MR) is 89.0 cm³/mol. The van der Waals surface area contributed by atoms with Crippen molar-refractivity contribution >= 4 is 17.6 Å². The molecule has 1 aromatic carbocycles. The van der Waals surface area contributed by atoms with Crippen LogP contribution in [-0.4, -0.2) is 31.0 Å². The summed E-state index contributed by atoms with van der Waals surface area (Å²) in [6.45, 7) is 4.43. The van der Waals surface area contributed by atoms with E-state index in [4.69, 9.17) is 0 Å². The van der Waals surface area contributed by atoms with Crippen LogP contribution in [0.25, 0.3) is 0 Å². The molecule has 0 unspecified atom stereocenters. The Kier molecular flexibility index (Phi) is 4.61. The molecule has 3 rings (SSSR count). The average Bonchev–Trinajstić information content (AvgIpc) is 3.24. The smallest absolute Gasteiger partial charge is 0.227 e. The van der Waals surface area contributed by atoms with Crippen molar-refractivity contribution in [2.45, 2.75) is 45.2 Å². The maximum Gasteiger partial charge on any atom is 0.227 e. The van der Waals surface area contributed by atoms with E-state index in [9.17, 15) is 4.79 Å². The summed E-state index contributed by atoms with van der Waals surface area (Å²) in [5.41, 5.74) is 2.15. The van der Waals surface area contributed by atoms with Crippen LogP contribution in [0.5, 0.6) is 0 Å². The standard InChI is InChI=1S/C17H24N4O/c1-2-18-17(20-14-7-8-14)19-12-13-5-9-15(10-6-13)21-11-3-4-16(21)22/h5-6,9-10,14H,2-4,7-8,11-12H2,1H3,(H2,18,19,20). The fourth-order valence-electron chi connectivity index (χ4n) is 2.61. The van der Waals surface area contributed by atoms with Gasteiger partial charge in [-0.1, -0.05) is 12.1 Å². The lowest BCUT2D eigenvalue weighted by atomic mass is 10.2. The van der Waals surface area contributed by atoms with Gasteiger partial charge in [-0.05, 0) is 43.9 Å². The molecule has 0 radical (unpaired) electrons. The first-order chi connectivity index (χ1) is 10.8. The van der Waals surface area contributed by atoms with Gasteiger partial charge in [0.05, 0.1) is 6.54 Å². The van der Waals surface area contributed by atoms with Crippen molar-refractivity contribution in [3.8, 4) is 0 Å².